The number of ether oxygens (including phenoxy) is 1. The minimum absolute atomic E-state index is 0.213. The number of hydrogen-bond donors (Lipinski definition) is 1. The van der Waals surface area contributed by atoms with Crippen LogP contribution in [0, 0.1) is 6.92 Å². The maximum absolute atomic E-state index is 12.9. The Hall–Kier alpha value is -2.82. The Bertz CT molecular complexity index is 771. The van der Waals surface area contributed by atoms with Crippen LogP contribution >= 0.6 is 0 Å². The van der Waals surface area contributed by atoms with Crippen LogP contribution < -0.4 is 15.0 Å². The molecule has 0 aromatic heterocycles. The highest BCUT2D eigenvalue weighted by molar-refractivity contribution is 6.20. The Kier molecular flexibility index (Phi) is 4.79. The van der Waals surface area contributed by atoms with E-state index >= 15 is 0 Å². The molecule has 2 amide bonds. The summed E-state index contributed by atoms with van der Waals surface area (Å²) in [5.41, 5.74) is 2.62. The zero-order valence-corrected chi connectivity index (χ0v) is 14.0. The number of anilines is 2. The van der Waals surface area contributed by atoms with E-state index in [1.54, 1.807) is 18.1 Å². The van der Waals surface area contributed by atoms with Crippen molar-refractivity contribution in [1.29, 1.82) is 0 Å². The van der Waals surface area contributed by atoms with Crippen molar-refractivity contribution in [1.82, 2.24) is 0 Å². The number of amidine groups is 1. The average molecular weight is 323 g/mol. The van der Waals surface area contributed by atoms with Crippen LogP contribution in [-0.2, 0) is 0 Å². The van der Waals surface area contributed by atoms with Crippen molar-refractivity contribution in [3.05, 3.63) is 54.1 Å². The molecule has 2 aromatic rings. The van der Waals surface area contributed by atoms with Gasteiger partial charge in [-0.1, -0.05) is 18.2 Å². The number of nitrogens with one attached hydrogen (secondary N) is 1. The molecular weight excluding hydrogens is 302 g/mol. The summed E-state index contributed by atoms with van der Waals surface area (Å²) in [5.74, 6) is 1.51. The number of aliphatic imine (C=N–C) groups is 1. The molecule has 0 atom stereocenters. The lowest BCUT2D eigenvalue weighted by Crippen LogP contribution is -2.39. The van der Waals surface area contributed by atoms with Crippen LogP contribution in [-0.4, -0.2) is 25.5 Å². The summed E-state index contributed by atoms with van der Waals surface area (Å²) in [4.78, 5) is 19.1. The second kappa shape index (κ2) is 7.17. The third kappa shape index (κ3) is 3.56. The highest BCUT2D eigenvalue weighted by Crippen LogP contribution is 2.23. The largest absolute Gasteiger partial charge is 0.497 e. The summed E-state index contributed by atoms with van der Waals surface area (Å²) in [7, 11) is 1.60. The van der Waals surface area contributed by atoms with Gasteiger partial charge in [0.05, 0.1) is 12.8 Å². The van der Waals surface area contributed by atoms with Crippen molar-refractivity contribution in [2.75, 3.05) is 23.9 Å². The van der Waals surface area contributed by atoms with Crippen molar-refractivity contribution < 1.29 is 9.53 Å². The molecule has 1 heterocycles. The van der Waals surface area contributed by atoms with Crippen molar-refractivity contribution in [2.24, 2.45) is 4.99 Å². The molecule has 0 spiro atoms. The lowest BCUT2D eigenvalue weighted by Gasteiger charge is -2.23. The zero-order valence-electron chi connectivity index (χ0n) is 14.0. The number of carbonyl (C=O) groups is 1. The molecule has 0 aliphatic carbocycles. The Labute approximate surface area is 142 Å². The van der Waals surface area contributed by atoms with Crippen LogP contribution in [0.15, 0.2) is 53.5 Å². The Balaban J connectivity index is 1.88. The fraction of sp³-hybridized carbons (Fsp3) is 0.263. The number of amides is 2. The van der Waals surface area contributed by atoms with E-state index in [4.69, 9.17) is 4.74 Å². The summed E-state index contributed by atoms with van der Waals surface area (Å²) >= 11 is 0. The predicted molar refractivity (Wildman–Crippen MR) is 97.2 cm³/mol. The van der Waals surface area contributed by atoms with E-state index in [2.05, 4.69) is 10.3 Å². The topological polar surface area (TPSA) is 53.9 Å². The number of rotatable bonds is 3. The van der Waals surface area contributed by atoms with Gasteiger partial charge in [0.2, 0.25) is 0 Å². The Morgan fingerprint density at radius 2 is 2.04 bits per heavy atom. The van der Waals surface area contributed by atoms with Gasteiger partial charge in [0, 0.05) is 24.7 Å². The van der Waals surface area contributed by atoms with Crippen molar-refractivity contribution >= 4 is 23.2 Å². The second-order valence-corrected chi connectivity index (χ2v) is 5.74. The highest BCUT2D eigenvalue weighted by atomic mass is 16.5. The van der Waals surface area contributed by atoms with E-state index in [0.717, 1.165) is 36.5 Å². The van der Waals surface area contributed by atoms with Gasteiger partial charge >= 0.3 is 6.03 Å². The summed E-state index contributed by atoms with van der Waals surface area (Å²) in [6.45, 7) is 2.78. The first-order valence-corrected chi connectivity index (χ1v) is 8.02. The van der Waals surface area contributed by atoms with Gasteiger partial charge in [-0.25, -0.2) is 4.79 Å². The summed E-state index contributed by atoms with van der Waals surface area (Å²) in [6.07, 6.45) is 1.78. The predicted octanol–water partition coefficient (Wildman–Crippen LogP) is 4.23. The molecule has 124 valence electrons. The second-order valence-electron chi connectivity index (χ2n) is 5.74. The summed E-state index contributed by atoms with van der Waals surface area (Å²) < 4.78 is 5.21. The highest BCUT2D eigenvalue weighted by Gasteiger charge is 2.23. The molecular formula is C19H21N3O2. The fourth-order valence-corrected chi connectivity index (χ4v) is 2.74. The molecule has 0 radical (unpaired) electrons. The van der Waals surface area contributed by atoms with E-state index in [1.165, 1.54) is 0 Å². The summed E-state index contributed by atoms with van der Waals surface area (Å²) in [6, 6.07) is 15.0. The third-order valence-corrected chi connectivity index (χ3v) is 3.89. The molecule has 1 N–H and O–H groups in total. The molecule has 0 saturated carbocycles. The molecule has 5 nitrogen and oxygen atoms in total. The van der Waals surface area contributed by atoms with Crippen LogP contribution in [0.5, 0.6) is 5.75 Å². The van der Waals surface area contributed by atoms with Crippen LogP contribution in [0.4, 0.5) is 16.2 Å². The van der Waals surface area contributed by atoms with Gasteiger partial charge in [-0.2, -0.15) is 0 Å². The van der Waals surface area contributed by atoms with Crippen molar-refractivity contribution in [2.45, 2.75) is 19.8 Å². The van der Waals surface area contributed by atoms with E-state index in [1.807, 2.05) is 49.4 Å². The Morgan fingerprint density at radius 1 is 1.21 bits per heavy atom. The van der Waals surface area contributed by atoms with E-state index < -0.39 is 0 Å². The molecule has 5 heteroatoms. The molecule has 0 fully saturated rings. The third-order valence-electron chi connectivity index (χ3n) is 3.89. The summed E-state index contributed by atoms with van der Waals surface area (Å²) in [5, 5.41) is 2.94. The molecule has 24 heavy (non-hydrogen) atoms. The monoisotopic (exact) mass is 323 g/mol. The number of nitrogens with zero attached hydrogens (tertiary/aromatic N) is 2. The number of carbonyl (C=O) groups excluding carboxylic acids is 1. The molecule has 2 aromatic carbocycles. The van der Waals surface area contributed by atoms with Crippen LogP contribution in [0.25, 0.3) is 0 Å². The molecule has 1 aliphatic heterocycles. The standard InChI is InChI=1S/C19H21N3O2/c1-14-6-3-8-16(12-14)22(18-10-5-11-20-18)19(23)21-15-7-4-9-17(13-15)24-2/h3-4,6-9,12-13H,5,10-11H2,1-2H3,(H,21,23). The Morgan fingerprint density at radius 3 is 2.75 bits per heavy atom. The van der Waals surface area contributed by atoms with E-state index in [-0.39, 0.29) is 6.03 Å². The first-order chi connectivity index (χ1) is 11.7. The number of aryl methyl sites for hydroxylation is 1. The molecule has 0 saturated heterocycles. The number of urea groups is 1. The SMILES string of the molecule is COc1cccc(NC(=O)N(C2=NCCC2)c2cccc(C)c2)c1. The lowest BCUT2D eigenvalue weighted by atomic mass is 10.2. The van der Waals surface area contributed by atoms with Crippen LogP contribution in [0.3, 0.4) is 0 Å². The fourth-order valence-electron chi connectivity index (χ4n) is 2.74. The average Bonchev–Trinajstić information content (AvgIpc) is 3.09. The molecule has 3 rings (SSSR count). The quantitative estimate of drug-likeness (QED) is 0.919. The number of hydrogen-bond acceptors (Lipinski definition) is 3. The first kappa shape index (κ1) is 16.1. The van der Waals surface area contributed by atoms with Crippen molar-refractivity contribution in [3.63, 3.8) is 0 Å². The van der Waals surface area contributed by atoms with Gasteiger partial charge in [-0.15, -0.1) is 0 Å². The first-order valence-electron chi connectivity index (χ1n) is 8.02. The van der Waals surface area contributed by atoms with Crippen LogP contribution in [0.1, 0.15) is 18.4 Å². The van der Waals surface area contributed by atoms with Gasteiger partial charge in [0.25, 0.3) is 0 Å². The van der Waals surface area contributed by atoms with Gasteiger partial charge in [0.1, 0.15) is 11.6 Å². The minimum atomic E-state index is -0.213. The molecule has 1 aliphatic rings. The molecule has 0 bridgehead atoms. The molecule has 0 unspecified atom stereocenters. The van der Waals surface area contributed by atoms with Crippen LogP contribution in [0.2, 0.25) is 0 Å². The maximum atomic E-state index is 12.9. The van der Waals surface area contributed by atoms with Gasteiger partial charge in [0.15, 0.2) is 0 Å². The zero-order chi connectivity index (χ0) is 16.9. The number of benzene rings is 2. The van der Waals surface area contributed by atoms with Gasteiger partial charge in [-0.3, -0.25) is 9.89 Å². The van der Waals surface area contributed by atoms with E-state index in [0.29, 0.717) is 11.4 Å². The normalized spacial score (nSPS) is 13.3. The van der Waals surface area contributed by atoms with Gasteiger partial charge in [-0.05, 0) is 43.2 Å². The smallest absolute Gasteiger partial charge is 0.331 e. The minimum Gasteiger partial charge on any atom is -0.497 e. The number of methoxy groups -OCH3 is 1. The van der Waals surface area contributed by atoms with Gasteiger partial charge < -0.3 is 10.1 Å². The lowest BCUT2D eigenvalue weighted by molar-refractivity contribution is 0.259. The van der Waals surface area contributed by atoms with Crippen molar-refractivity contribution in [3.8, 4) is 5.75 Å². The van der Waals surface area contributed by atoms with E-state index in [9.17, 15) is 4.79 Å². The maximum Gasteiger partial charge on any atom is 0.331 e.